The fourth-order valence-electron chi connectivity index (χ4n) is 3.38. The molecule has 0 aliphatic rings. The molecule has 3 aromatic rings. The molecular weight excluding hydrogens is 328 g/mol. The topological polar surface area (TPSA) is 60.7 Å². The van der Waals surface area contributed by atoms with Gasteiger partial charge in [-0.15, -0.1) is 0 Å². The highest BCUT2D eigenvalue weighted by Crippen LogP contribution is 2.24. The summed E-state index contributed by atoms with van der Waals surface area (Å²) in [7, 11) is 0. The average molecular weight is 350 g/mol. The lowest BCUT2D eigenvalue weighted by molar-refractivity contribution is 0.0465. The molecule has 0 radical (unpaired) electrons. The number of imidazole rings is 1. The highest BCUT2D eigenvalue weighted by atomic mass is 16.5. The van der Waals surface area contributed by atoms with E-state index in [0.29, 0.717) is 11.2 Å². The normalized spacial score (nSPS) is 11.0. The van der Waals surface area contributed by atoms with Gasteiger partial charge in [-0.25, -0.2) is 9.78 Å². The van der Waals surface area contributed by atoms with E-state index in [1.165, 1.54) is 0 Å². The summed E-state index contributed by atoms with van der Waals surface area (Å²) >= 11 is 0. The average Bonchev–Trinajstić information content (AvgIpc) is 2.96. The second-order valence-corrected chi connectivity index (χ2v) is 6.72. The molecule has 0 amide bonds. The minimum atomic E-state index is -0.477. The Hall–Kier alpha value is -2.95. The van der Waals surface area contributed by atoms with Crippen molar-refractivity contribution in [3.05, 3.63) is 69.7 Å². The number of rotatable bonds is 4. The third kappa shape index (κ3) is 3.25. The van der Waals surface area contributed by atoms with Gasteiger partial charge in [-0.05, 0) is 74.6 Å². The van der Waals surface area contributed by atoms with Gasteiger partial charge in [0.25, 0.3) is 0 Å². The van der Waals surface area contributed by atoms with E-state index in [0.717, 1.165) is 27.8 Å². The number of ether oxygens (including phenoxy) is 1. The minimum Gasteiger partial charge on any atom is -0.456 e. The lowest BCUT2D eigenvalue weighted by Crippen LogP contribution is -2.10. The van der Waals surface area contributed by atoms with Gasteiger partial charge in [0.05, 0.1) is 0 Å². The van der Waals surface area contributed by atoms with Crippen LogP contribution < -0.4 is 0 Å². The maximum Gasteiger partial charge on any atom is 0.358 e. The number of aromatic nitrogens is 2. The van der Waals surface area contributed by atoms with E-state index in [9.17, 15) is 9.59 Å². The number of nitrogens with zero attached hydrogens (tertiary/aromatic N) is 2. The number of fused-ring (bicyclic) bond motifs is 1. The van der Waals surface area contributed by atoms with E-state index in [2.05, 4.69) is 4.98 Å². The van der Waals surface area contributed by atoms with Crippen molar-refractivity contribution in [3.63, 3.8) is 0 Å². The lowest BCUT2D eigenvalue weighted by Gasteiger charge is -2.15. The smallest absolute Gasteiger partial charge is 0.358 e. The number of esters is 1. The summed E-state index contributed by atoms with van der Waals surface area (Å²) in [6.07, 6.45) is 3.52. The summed E-state index contributed by atoms with van der Waals surface area (Å²) in [6, 6.07) is 5.82. The van der Waals surface area contributed by atoms with Gasteiger partial charge in [0.2, 0.25) is 0 Å². The Bertz CT molecular complexity index is 1030. The van der Waals surface area contributed by atoms with Crippen molar-refractivity contribution in [3.8, 4) is 0 Å². The maximum atomic E-state index is 12.4. The number of hydrogen-bond donors (Lipinski definition) is 0. The molecule has 0 spiro atoms. The Balaban J connectivity index is 1.85. The zero-order valence-corrected chi connectivity index (χ0v) is 15.7. The molecule has 1 aromatic carbocycles. The highest BCUT2D eigenvalue weighted by Gasteiger charge is 2.17. The molecule has 2 aromatic heterocycles. The molecule has 3 rings (SSSR count). The molecule has 5 heteroatoms. The van der Waals surface area contributed by atoms with Crippen LogP contribution in [0.5, 0.6) is 0 Å². The minimum absolute atomic E-state index is 0.0169. The molecule has 134 valence electrons. The molecule has 26 heavy (non-hydrogen) atoms. The van der Waals surface area contributed by atoms with E-state index >= 15 is 0 Å². The molecular formula is C21H22N2O3. The van der Waals surface area contributed by atoms with E-state index in [-0.39, 0.29) is 18.1 Å². The molecule has 0 unspecified atom stereocenters. The summed E-state index contributed by atoms with van der Waals surface area (Å²) in [5.41, 5.74) is 6.43. The van der Waals surface area contributed by atoms with E-state index in [1.54, 1.807) is 17.5 Å². The largest absolute Gasteiger partial charge is 0.456 e. The molecule has 0 saturated carbocycles. The summed E-state index contributed by atoms with van der Waals surface area (Å²) in [6.45, 7) is 9.42. The zero-order valence-electron chi connectivity index (χ0n) is 15.7. The third-order valence-electron chi connectivity index (χ3n) is 4.66. The van der Waals surface area contributed by atoms with E-state index in [4.69, 9.17) is 4.74 Å². The Kier molecular flexibility index (Phi) is 4.64. The predicted octanol–water partition coefficient (Wildman–Crippen LogP) is 4.13. The van der Waals surface area contributed by atoms with Gasteiger partial charge in [-0.1, -0.05) is 6.07 Å². The molecule has 2 heterocycles. The molecule has 0 saturated heterocycles. The van der Waals surface area contributed by atoms with Gasteiger partial charge in [0.15, 0.2) is 11.5 Å². The second-order valence-electron chi connectivity index (χ2n) is 6.72. The van der Waals surface area contributed by atoms with Crippen LogP contribution in [-0.2, 0) is 11.3 Å². The van der Waals surface area contributed by atoms with Crippen LogP contribution >= 0.6 is 0 Å². The molecule has 5 nitrogen and oxygen atoms in total. The first kappa shape index (κ1) is 17.9. The molecule has 0 bridgehead atoms. The summed E-state index contributed by atoms with van der Waals surface area (Å²) in [5, 5.41) is 0. The maximum absolute atomic E-state index is 12.4. The van der Waals surface area contributed by atoms with Gasteiger partial charge in [-0.2, -0.15) is 0 Å². The van der Waals surface area contributed by atoms with Crippen molar-refractivity contribution in [2.75, 3.05) is 0 Å². The van der Waals surface area contributed by atoms with Gasteiger partial charge < -0.3 is 9.14 Å². The molecule has 0 N–H and O–H groups in total. The number of aryl methyl sites for hydroxylation is 3. The number of carbonyl (C=O) groups is 2. The first-order valence-corrected chi connectivity index (χ1v) is 8.51. The molecule has 0 atom stereocenters. The van der Waals surface area contributed by atoms with Crippen LogP contribution in [0, 0.1) is 27.7 Å². The molecule has 0 aliphatic carbocycles. The van der Waals surface area contributed by atoms with Crippen molar-refractivity contribution in [2.45, 2.75) is 41.2 Å². The van der Waals surface area contributed by atoms with Crippen LogP contribution in [0.2, 0.25) is 0 Å². The number of pyridine rings is 1. The number of hydrogen-bond acceptors (Lipinski definition) is 4. The number of benzene rings is 1. The summed E-state index contributed by atoms with van der Waals surface area (Å²) in [5.74, 6) is -0.460. The number of Topliss-reactive ketones (excluding diaryl/α,β-unsaturated/α-hetero) is 1. The standard InChI is InChI=1S/C21H22N2O3/c1-12-6-7-23-10-18(22-19(23)8-12)21(25)26-11-17-13(2)9-14(3)20(15(17)4)16(5)24/h6-10H,11H2,1-5H3. The quantitative estimate of drug-likeness (QED) is 0.524. The first-order valence-electron chi connectivity index (χ1n) is 8.51. The molecule has 0 fully saturated rings. The first-order chi connectivity index (χ1) is 12.3. The fourth-order valence-corrected chi connectivity index (χ4v) is 3.38. The third-order valence-corrected chi connectivity index (χ3v) is 4.66. The van der Waals surface area contributed by atoms with Crippen molar-refractivity contribution in [1.82, 2.24) is 9.38 Å². The van der Waals surface area contributed by atoms with Gasteiger partial charge in [-0.3, -0.25) is 4.79 Å². The van der Waals surface area contributed by atoms with Crippen molar-refractivity contribution in [1.29, 1.82) is 0 Å². The van der Waals surface area contributed by atoms with Crippen LogP contribution in [0.3, 0.4) is 0 Å². The van der Waals surface area contributed by atoms with E-state index in [1.807, 2.05) is 52.1 Å². The fraction of sp³-hybridized carbons (Fsp3) is 0.286. The zero-order chi connectivity index (χ0) is 19.0. The molecule has 0 aliphatic heterocycles. The Morgan fingerprint density at radius 1 is 1.12 bits per heavy atom. The van der Waals surface area contributed by atoms with Crippen molar-refractivity contribution < 1.29 is 14.3 Å². The van der Waals surface area contributed by atoms with Crippen LogP contribution in [0.1, 0.15) is 55.6 Å². The number of carbonyl (C=O) groups excluding carboxylic acids is 2. The van der Waals surface area contributed by atoms with Crippen LogP contribution in [0.4, 0.5) is 0 Å². The monoisotopic (exact) mass is 350 g/mol. The van der Waals surface area contributed by atoms with Crippen molar-refractivity contribution >= 4 is 17.4 Å². The van der Waals surface area contributed by atoms with Gasteiger partial charge in [0, 0.05) is 18.0 Å². The SMILES string of the molecule is CC(=O)c1c(C)cc(C)c(COC(=O)c2cn3ccc(C)cc3n2)c1C. The Morgan fingerprint density at radius 2 is 1.85 bits per heavy atom. The number of ketones is 1. The lowest BCUT2D eigenvalue weighted by atomic mass is 9.92. The van der Waals surface area contributed by atoms with Crippen molar-refractivity contribution in [2.24, 2.45) is 0 Å². The van der Waals surface area contributed by atoms with Crippen LogP contribution in [0.15, 0.2) is 30.6 Å². The predicted molar refractivity (Wildman–Crippen MR) is 99.7 cm³/mol. The van der Waals surface area contributed by atoms with E-state index < -0.39 is 5.97 Å². The van der Waals surface area contributed by atoms with Crippen LogP contribution in [0.25, 0.3) is 5.65 Å². The van der Waals surface area contributed by atoms with Crippen LogP contribution in [-0.4, -0.2) is 21.1 Å². The second kappa shape index (κ2) is 6.75. The summed E-state index contributed by atoms with van der Waals surface area (Å²) in [4.78, 5) is 28.7. The highest BCUT2D eigenvalue weighted by molar-refractivity contribution is 5.97. The Morgan fingerprint density at radius 3 is 2.54 bits per heavy atom. The summed E-state index contributed by atoms with van der Waals surface area (Å²) < 4.78 is 7.28. The van der Waals surface area contributed by atoms with Gasteiger partial charge in [0.1, 0.15) is 12.3 Å². The van der Waals surface area contributed by atoms with Gasteiger partial charge >= 0.3 is 5.97 Å². The Labute approximate surface area is 152 Å².